The summed E-state index contributed by atoms with van der Waals surface area (Å²) >= 11 is 0. The Morgan fingerprint density at radius 3 is 2.54 bits per heavy atom. The quantitative estimate of drug-likeness (QED) is 0.286. The highest BCUT2D eigenvalue weighted by Crippen LogP contribution is 2.39. The number of hydrogen-bond acceptors (Lipinski definition) is 9. The Labute approximate surface area is 265 Å². The monoisotopic (exact) mass is 658 g/mol. The number of ether oxygens (including phenoxy) is 2. The van der Waals surface area contributed by atoms with Crippen molar-refractivity contribution in [3.05, 3.63) is 77.5 Å². The first-order chi connectivity index (χ1) is 21.9. The molecule has 3 aromatic heterocycles. The topological polar surface area (TPSA) is 125 Å². The maximum Gasteiger partial charge on any atom is 0.149 e. The molecule has 2 saturated heterocycles. The number of halogens is 3. The highest BCUT2D eigenvalue weighted by Gasteiger charge is 2.36. The van der Waals surface area contributed by atoms with Gasteiger partial charge in [-0.15, -0.1) is 0 Å². The van der Waals surface area contributed by atoms with E-state index in [1.165, 1.54) is 12.3 Å². The van der Waals surface area contributed by atoms with Crippen molar-refractivity contribution in [2.24, 2.45) is 11.7 Å². The maximum atomic E-state index is 15.5. The van der Waals surface area contributed by atoms with Crippen LogP contribution in [0.1, 0.15) is 36.7 Å². The van der Waals surface area contributed by atoms with Crippen molar-refractivity contribution in [2.75, 3.05) is 49.8 Å². The first kappa shape index (κ1) is 32.4. The van der Waals surface area contributed by atoms with E-state index in [0.717, 1.165) is 23.4 Å². The second-order valence-electron chi connectivity index (χ2n) is 12.3. The number of benzene rings is 1. The highest BCUT2D eigenvalue weighted by molar-refractivity contribution is 7.90. The minimum atomic E-state index is -3.14. The van der Waals surface area contributed by atoms with E-state index in [2.05, 4.69) is 20.0 Å². The molecule has 0 spiro atoms. The molecular weight excluding hydrogens is 621 g/mol. The molecule has 10 nitrogen and oxygen atoms in total. The lowest BCUT2D eigenvalue weighted by molar-refractivity contribution is -0.0117. The van der Waals surface area contributed by atoms with Crippen molar-refractivity contribution in [1.82, 2.24) is 19.6 Å². The minimum Gasteiger partial charge on any atom is -0.381 e. The lowest BCUT2D eigenvalue weighted by atomic mass is 9.87. The number of fused-ring (bicyclic) bond motifs is 1. The summed E-state index contributed by atoms with van der Waals surface area (Å²) in [6.45, 7) is 3.60. The summed E-state index contributed by atoms with van der Waals surface area (Å²) in [5.41, 5.74) is 6.73. The average Bonchev–Trinajstić information content (AvgIpc) is 3.40. The van der Waals surface area contributed by atoms with Gasteiger partial charge in [-0.1, -0.05) is 6.92 Å². The standard InChI is InChI=1S/C32H37F3N6O4S/c1-20-18-40(19-26(36)31(20)45-11-12-46(2,42)43)28-5-8-37-16-21(28)13-29-38-17-23-3-4-27(39-41(23)29)30-24(33)14-22(15-25(30)34)32(35)6-9-44-10-7-32/h3-5,8,14-17,20,26,31H,6-7,9-13,18-19,36H2,1-2H3/t20-,26+,31-/m0/s1. The van der Waals surface area contributed by atoms with Crippen LogP contribution in [0.4, 0.5) is 18.9 Å². The van der Waals surface area contributed by atoms with Crippen LogP contribution in [-0.4, -0.2) is 85.1 Å². The average molecular weight is 659 g/mol. The van der Waals surface area contributed by atoms with Gasteiger partial charge in [-0.05, 0) is 35.9 Å². The van der Waals surface area contributed by atoms with E-state index in [0.29, 0.717) is 30.9 Å². The van der Waals surface area contributed by atoms with Crippen LogP contribution in [0, 0.1) is 17.6 Å². The van der Waals surface area contributed by atoms with Crippen molar-refractivity contribution in [1.29, 1.82) is 0 Å². The summed E-state index contributed by atoms with van der Waals surface area (Å²) < 4.78 is 82.0. The van der Waals surface area contributed by atoms with Gasteiger partial charge < -0.3 is 20.1 Å². The third kappa shape index (κ3) is 6.75. The van der Waals surface area contributed by atoms with Crippen LogP contribution in [0.3, 0.4) is 0 Å². The Balaban J connectivity index is 1.24. The summed E-state index contributed by atoms with van der Waals surface area (Å²) in [5, 5.41) is 4.55. The summed E-state index contributed by atoms with van der Waals surface area (Å²) in [5.74, 6) is -1.29. The predicted octanol–water partition coefficient (Wildman–Crippen LogP) is 3.85. The Morgan fingerprint density at radius 2 is 1.85 bits per heavy atom. The van der Waals surface area contributed by atoms with Crippen molar-refractivity contribution >= 4 is 21.0 Å². The fourth-order valence-corrected chi connectivity index (χ4v) is 6.81. The van der Waals surface area contributed by atoms with E-state index < -0.39 is 27.1 Å². The molecule has 0 amide bonds. The van der Waals surface area contributed by atoms with Gasteiger partial charge in [0.25, 0.3) is 0 Å². The van der Waals surface area contributed by atoms with E-state index in [9.17, 15) is 8.42 Å². The Hall–Kier alpha value is -3.59. The first-order valence-corrected chi connectivity index (χ1v) is 17.3. The summed E-state index contributed by atoms with van der Waals surface area (Å²) in [6.07, 6.45) is 6.34. The van der Waals surface area contributed by atoms with E-state index in [4.69, 9.17) is 15.2 Å². The molecule has 6 rings (SSSR count). The van der Waals surface area contributed by atoms with Gasteiger partial charge in [0.05, 0.1) is 41.4 Å². The zero-order chi connectivity index (χ0) is 32.6. The third-order valence-electron chi connectivity index (χ3n) is 8.81. The van der Waals surface area contributed by atoms with Crippen molar-refractivity contribution < 1.29 is 31.1 Å². The molecule has 0 bridgehead atoms. The third-order valence-corrected chi connectivity index (χ3v) is 9.72. The minimum absolute atomic E-state index is 0.0238. The van der Waals surface area contributed by atoms with Gasteiger partial charge in [-0.25, -0.2) is 31.1 Å². The largest absolute Gasteiger partial charge is 0.381 e. The Morgan fingerprint density at radius 1 is 1.11 bits per heavy atom. The molecule has 3 atom stereocenters. The number of alkyl halides is 1. The Kier molecular flexibility index (Phi) is 9.07. The number of nitrogens with zero attached hydrogens (tertiary/aromatic N) is 5. The van der Waals surface area contributed by atoms with Gasteiger partial charge >= 0.3 is 0 Å². The number of rotatable bonds is 9. The van der Waals surface area contributed by atoms with Crippen LogP contribution in [-0.2, 0) is 31.4 Å². The number of sulfone groups is 1. The van der Waals surface area contributed by atoms with Crippen LogP contribution < -0.4 is 10.6 Å². The molecule has 2 N–H and O–H groups in total. The molecule has 46 heavy (non-hydrogen) atoms. The van der Waals surface area contributed by atoms with Crippen LogP contribution >= 0.6 is 0 Å². The molecule has 0 unspecified atom stereocenters. The van der Waals surface area contributed by atoms with Gasteiger partial charge in [-0.2, -0.15) is 5.10 Å². The molecular formula is C32H37F3N6O4S. The van der Waals surface area contributed by atoms with E-state index in [1.54, 1.807) is 29.2 Å². The normalized spacial score (nSPS) is 22.0. The fourth-order valence-electron chi connectivity index (χ4n) is 6.41. The zero-order valence-corrected chi connectivity index (χ0v) is 26.5. The number of aromatic nitrogens is 4. The number of imidazole rings is 1. The van der Waals surface area contributed by atoms with E-state index in [1.807, 2.05) is 13.0 Å². The first-order valence-electron chi connectivity index (χ1n) is 15.2. The maximum absolute atomic E-state index is 15.5. The number of hydrogen-bond donors (Lipinski definition) is 1. The second-order valence-corrected chi connectivity index (χ2v) is 14.6. The number of anilines is 1. The second kappa shape index (κ2) is 12.9. The van der Waals surface area contributed by atoms with Gasteiger partial charge in [0, 0.05) is 87.4 Å². The fraction of sp³-hybridized carbons (Fsp3) is 0.469. The molecule has 2 aliphatic rings. The summed E-state index contributed by atoms with van der Waals surface area (Å²) in [6, 6.07) is 6.85. The van der Waals surface area contributed by atoms with Crippen molar-refractivity contribution in [3.8, 4) is 11.3 Å². The van der Waals surface area contributed by atoms with Crippen LogP contribution in [0.15, 0.2) is 48.9 Å². The molecule has 4 aromatic rings. The number of piperidine rings is 1. The van der Waals surface area contributed by atoms with E-state index >= 15 is 13.2 Å². The van der Waals surface area contributed by atoms with Gasteiger partial charge in [0.15, 0.2) is 0 Å². The van der Waals surface area contributed by atoms with Crippen molar-refractivity contribution in [3.63, 3.8) is 0 Å². The van der Waals surface area contributed by atoms with Crippen LogP contribution in [0.2, 0.25) is 0 Å². The van der Waals surface area contributed by atoms with Crippen LogP contribution in [0.25, 0.3) is 16.8 Å². The smallest absolute Gasteiger partial charge is 0.149 e. The number of nitrogens with two attached hydrogens (primary N) is 1. The van der Waals surface area contributed by atoms with Gasteiger partial charge in [0.2, 0.25) is 0 Å². The summed E-state index contributed by atoms with van der Waals surface area (Å²) in [4.78, 5) is 11.0. The molecule has 246 valence electrons. The highest BCUT2D eigenvalue weighted by atomic mass is 32.2. The molecule has 5 heterocycles. The molecule has 0 aliphatic carbocycles. The lowest BCUT2D eigenvalue weighted by Crippen LogP contribution is -2.57. The molecule has 0 radical (unpaired) electrons. The molecule has 0 saturated carbocycles. The molecule has 2 aliphatic heterocycles. The van der Waals surface area contributed by atoms with Crippen molar-refractivity contribution in [2.45, 2.75) is 44.0 Å². The molecule has 1 aromatic carbocycles. The number of pyridine rings is 1. The predicted molar refractivity (Wildman–Crippen MR) is 167 cm³/mol. The Bertz CT molecular complexity index is 1800. The summed E-state index contributed by atoms with van der Waals surface area (Å²) in [7, 11) is -3.14. The lowest BCUT2D eigenvalue weighted by Gasteiger charge is -2.42. The van der Waals surface area contributed by atoms with E-state index in [-0.39, 0.29) is 73.3 Å². The van der Waals surface area contributed by atoms with Gasteiger partial charge in [0.1, 0.15) is 33.0 Å². The SMILES string of the molecule is C[C@H]1CN(c2ccncc2Cc2ncc3ccc(-c4c(F)cc(C5(F)CCOCC5)cc4F)nn23)C[C@@H](N)[C@H]1OCCS(C)(=O)=O. The zero-order valence-electron chi connectivity index (χ0n) is 25.7. The van der Waals surface area contributed by atoms with Crippen LogP contribution in [0.5, 0.6) is 0 Å². The molecule has 14 heteroatoms. The molecule has 2 fully saturated rings. The van der Waals surface area contributed by atoms with Gasteiger partial charge in [-0.3, -0.25) is 4.98 Å².